The lowest BCUT2D eigenvalue weighted by molar-refractivity contribution is -0.132. The van der Waals surface area contributed by atoms with Crippen molar-refractivity contribution in [2.75, 3.05) is 24.1 Å². The fraction of sp³-hybridized carbons (Fsp3) is 0.500. The zero-order chi connectivity index (χ0) is 15.1. The minimum absolute atomic E-state index is 0.0744. The number of nitrogens with two attached hydrogens (primary N) is 1. The smallest absolute Gasteiger partial charge is 0.226 e. The second-order valence-electron chi connectivity index (χ2n) is 5.47. The molecule has 1 aliphatic heterocycles. The predicted molar refractivity (Wildman–Crippen MR) is 83.8 cm³/mol. The van der Waals surface area contributed by atoms with E-state index in [1.165, 1.54) is 6.42 Å². The fourth-order valence-corrected chi connectivity index (χ4v) is 2.48. The maximum Gasteiger partial charge on any atom is 0.226 e. The van der Waals surface area contributed by atoms with Crippen molar-refractivity contribution in [3.05, 3.63) is 24.3 Å². The van der Waals surface area contributed by atoms with E-state index in [2.05, 4.69) is 5.32 Å². The number of hydrogen-bond acceptors (Lipinski definition) is 3. The Bertz CT molecular complexity index is 485. The van der Waals surface area contributed by atoms with Crippen LogP contribution in [0.2, 0.25) is 0 Å². The molecule has 5 nitrogen and oxygen atoms in total. The third-order valence-corrected chi connectivity index (χ3v) is 3.72. The van der Waals surface area contributed by atoms with Crippen LogP contribution in [0.3, 0.4) is 0 Å². The molecule has 0 radical (unpaired) electrons. The number of benzene rings is 1. The van der Waals surface area contributed by atoms with Gasteiger partial charge in [-0.3, -0.25) is 9.59 Å². The molecule has 21 heavy (non-hydrogen) atoms. The van der Waals surface area contributed by atoms with Crippen LogP contribution in [-0.2, 0) is 9.59 Å². The molecule has 1 fully saturated rings. The van der Waals surface area contributed by atoms with Crippen molar-refractivity contribution in [3.63, 3.8) is 0 Å². The summed E-state index contributed by atoms with van der Waals surface area (Å²) in [6, 6.07) is 7.04. The molecule has 1 aliphatic rings. The Balaban J connectivity index is 1.79. The van der Waals surface area contributed by atoms with E-state index in [0.717, 1.165) is 31.5 Å². The quantitative estimate of drug-likeness (QED) is 0.836. The molecule has 0 bridgehead atoms. The summed E-state index contributed by atoms with van der Waals surface area (Å²) in [5.41, 5.74) is 7.00. The summed E-state index contributed by atoms with van der Waals surface area (Å²) in [4.78, 5) is 25.7. The van der Waals surface area contributed by atoms with Crippen molar-refractivity contribution in [1.29, 1.82) is 0 Å². The number of nitrogens with zero attached hydrogens (tertiary/aromatic N) is 1. The number of rotatable bonds is 4. The largest absolute Gasteiger partial charge is 0.399 e. The summed E-state index contributed by atoms with van der Waals surface area (Å²) in [7, 11) is 0. The van der Waals surface area contributed by atoms with Crippen LogP contribution in [0.1, 0.15) is 38.5 Å². The molecule has 2 rings (SSSR count). The first-order chi connectivity index (χ1) is 10.1. The number of nitrogens with one attached hydrogen (secondary N) is 1. The molecule has 1 aromatic rings. The summed E-state index contributed by atoms with van der Waals surface area (Å²) >= 11 is 0. The molecule has 1 saturated heterocycles. The standard InChI is InChI=1S/C16H23N3O2/c17-13-6-8-14(9-7-13)18-15(20)10-12-19-11-4-2-1-3-5-16(19)21/h6-9H,1-5,10-12,17H2,(H,18,20). The van der Waals surface area contributed by atoms with Crippen molar-refractivity contribution in [2.24, 2.45) is 0 Å². The molecule has 0 aromatic heterocycles. The van der Waals surface area contributed by atoms with Gasteiger partial charge in [0.15, 0.2) is 0 Å². The lowest BCUT2D eigenvalue weighted by atomic mass is 10.1. The molecule has 0 saturated carbocycles. The zero-order valence-corrected chi connectivity index (χ0v) is 12.3. The lowest BCUT2D eigenvalue weighted by Gasteiger charge is -2.24. The van der Waals surface area contributed by atoms with E-state index >= 15 is 0 Å². The van der Waals surface area contributed by atoms with E-state index in [-0.39, 0.29) is 11.8 Å². The number of carbonyl (C=O) groups is 2. The number of carbonyl (C=O) groups excluding carboxylic acids is 2. The molecular weight excluding hydrogens is 266 g/mol. The second kappa shape index (κ2) is 7.67. The Kier molecular flexibility index (Phi) is 5.60. The highest BCUT2D eigenvalue weighted by molar-refractivity contribution is 5.91. The highest BCUT2D eigenvalue weighted by Gasteiger charge is 2.16. The van der Waals surface area contributed by atoms with E-state index in [1.807, 2.05) is 4.90 Å². The van der Waals surface area contributed by atoms with Gasteiger partial charge in [-0.2, -0.15) is 0 Å². The third kappa shape index (κ3) is 5.10. The Labute approximate surface area is 125 Å². The first-order valence-corrected chi connectivity index (χ1v) is 7.58. The van der Waals surface area contributed by atoms with Crippen molar-refractivity contribution in [3.8, 4) is 0 Å². The van der Waals surface area contributed by atoms with Crippen molar-refractivity contribution in [1.82, 2.24) is 4.90 Å². The molecule has 114 valence electrons. The average molecular weight is 289 g/mol. The monoisotopic (exact) mass is 289 g/mol. The summed E-state index contributed by atoms with van der Waals surface area (Å²) in [6.07, 6.45) is 5.24. The summed E-state index contributed by atoms with van der Waals surface area (Å²) < 4.78 is 0. The highest BCUT2D eigenvalue weighted by Crippen LogP contribution is 2.13. The van der Waals surface area contributed by atoms with E-state index < -0.39 is 0 Å². The van der Waals surface area contributed by atoms with Crippen LogP contribution in [0.4, 0.5) is 11.4 Å². The van der Waals surface area contributed by atoms with E-state index in [1.54, 1.807) is 24.3 Å². The van der Waals surface area contributed by atoms with Crippen LogP contribution in [0.25, 0.3) is 0 Å². The third-order valence-electron chi connectivity index (χ3n) is 3.72. The first-order valence-electron chi connectivity index (χ1n) is 7.58. The highest BCUT2D eigenvalue weighted by atomic mass is 16.2. The molecule has 3 N–H and O–H groups in total. The van der Waals surface area contributed by atoms with Gasteiger partial charge in [0.05, 0.1) is 0 Å². The second-order valence-corrected chi connectivity index (χ2v) is 5.47. The molecule has 0 atom stereocenters. The number of hydrogen-bond donors (Lipinski definition) is 2. The number of likely N-dealkylation sites (tertiary alicyclic amines) is 1. The maximum atomic E-state index is 12.0. The topological polar surface area (TPSA) is 75.4 Å². The summed E-state index contributed by atoms with van der Waals surface area (Å²) in [6.45, 7) is 1.27. The normalized spacial score (nSPS) is 16.2. The molecule has 1 heterocycles. The van der Waals surface area contributed by atoms with Crippen LogP contribution in [-0.4, -0.2) is 29.8 Å². The Morgan fingerprint density at radius 2 is 1.86 bits per heavy atom. The molecule has 0 spiro atoms. The molecule has 0 aliphatic carbocycles. The van der Waals surface area contributed by atoms with Crippen LogP contribution >= 0.6 is 0 Å². The van der Waals surface area contributed by atoms with Crippen molar-refractivity contribution < 1.29 is 9.59 Å². The van der Waals surface area contributed by atoms with Gasteiger partial charge in [0.25, 0.3) is 0 Å². The molecular formula is C16H23N3O2. The predicted octanol–water partition coefficient (Wildman–Crippen LogP) is 2.39. The lowest BCUT2D eigenvalue weighted by Crippen LogP contribution is -2.35. The van der Waals surface area contributed by atoms with Crippen LogP contribution in [0.5, 0.6) is 0 Å². The average Bonchev–Trinajstić information content (AvgIpc) is 2.45. The van der Waals surface area contributed by atoms with Gasteiger partial charge in [-0.1, -0.05) is 12.8 Å². The molecule has 1 aromatic carbocycles. The van der Waals surface area contributed by atoms with Crippen LogP contribution in [0.15, 0.2) is 24.3 Å². The van der Waals surface area contributed by atoms with Gasteiger partial charge in [0.2, 0.25) is 11.8 Å². The van der Waals surface area contributed by atoms with Gasteiger partial charge in [0, 0.05) is 37.3 Å². The molecule has 0 unspecified atom stereocenters. The minimum Gasteiger partial charge on any atom is -0.399 e. The van der Waals surface area contributed by atoms with Crippen LogP contribution in [0, 0.1) is 0 Å². The van der Waals surface area contributed by atoms with E-state index in [0.29, 0.717) is 25.1 Å². The maximum absolute atomic E-state index is 12.0. The summed E-state index contributed by atoms with van der Waals surface area (Å²) in [5, 5.41) is 2.82. The van der Waals surface area contributed by atoms with Gasteiger partial charge in [-0.25, -0.2) is 0 Å². The van der Waals surface area contributed by atoms with Gasteiger partial charge in [-0.05, 0) is 37.1 Å². The van der Waals surface area contributed by atoms with Gasteiger partial charge in [-0.15, -0.1) is 0 Å². The van der Waals surface area contributed by atoms with Crippen molar-refractivity contribution >= 4 is 23.2 Å². The minimum atomic E-state index is -0.0744. The first kappa shape index (κ1) is 15.4. The van der Waals surface area contributed by atoms with Gasteiger partial charge >= 0.3 is 0 Å². The van der Waals surface area contributed by atoms with Gasteiger partial charge < -0.3 is 16.0 Å². The van der Waals surface area contributed by atoms with Crippen LogP contribution < -0.4 is 11.1 Å². The Morgan fingerprint density at radius 1 is 1.14 bits per heavy atom. The number of nitrogen functional groups attached to an aromatic ring is 1. The Hall–Kier alpha value is -2.04. The van der Waals surface area contributed by atoms with E-state index in [4.69, 9.17) is 5.73 Å². The zero-order valence-electron chi connectivity index (χ0n) is 12.3. The molecule has 2 amide bonds. The SMILES string of the molecule is Nc1ccc(NC(=O)CCN2CCCCCCC2=O)cc1. The molecule has 5 heteroatoms. The summed E-state index contributed by atoms with van der Waals surface area (Å²) in [5.74, 6) is 0.101. The fourth-order valence-electron chi connectivity index (χ4n) is 2.48. The van der Waals surface area contributed by atoms with Crippen molar-refractivity contribution in [2.45, 2.75) is 38.5 Å². The number of amides is 2. The van der Waals surface area contributed by atoms with Gasteiger partial charge in [0.1, 0.15) is 0 Å². The number of anilines is 2. The Morgan fingerprint density at radius 3 is 2.62 bits per heavy atom. The van der Waals surface area contributed by atoms with E-state index in [9.17, 15) is 9.59 Å².